The number of benzene rings is 3. The van der Waals surface area contributed by atoms with E-state index in [0.717, 1.165) is 31.9 Å². The van der Waals surface area contributed by atoms with E-state index >= 15 is 0 Å². The van der Waals surface area contributed by atoms with Crippen LogP contribution in [-0.2, 0) is 17.9 Å². The summed E-state index contributed by atoms with van der Waals surface area (Å²) in [5, 5.41) is 0.630. The minimum Gasteiger partial charge on any atom is -0.495 e. The van der Waals surface area contributed by atoms with Crippen LogP contribution in [0.4, 0.5) is 5.69 Å². The molecule has 1 aliphatic rings. The Morgan fingerprint density at radius 2 is 1.61 bits per heavy atom. The molecule has 0 spiro atoms. The first-order chi connectivity index (χ1) is 15.2. The summed E-state index contributed by atoms with van der Waals surface area (Å²) in [6.07, 6.45) is 0. The molecule has 1 aliphatic heterocycles. The summed E-state index contributed by atoms with van der Waals surface area (Å²) in [5.74, 6) is 0.704. The van der Waals surface area contributed by atoms with Crippen LogP contribution in [0.2, 0.25) is 5.02 Å². The minimum atomic E-state index is 0.243. The second kappa shape index (κ2) is 10.7. The lowest BCUT2D eigenvalue weighted by Crippen LogP contribution is -2.54. The van der Waals surface area contributed by atoms with Crippen molar-refractivity contribution in [2.45, 2.75) is 19.2 Å². The molecule has 0 N–H and O–H groups in total. The molecule has 3 aromatic rings. The maximum Gasteiger partial charge on any atom is 0.139 e. The van der Waals surface area contributed by atoms with Crippen molar-refractivity contribution in [3.63, 3.8) is 0 Å². The fourth-order valence-corrected chi connectivity index (χ4v) is 4.30. The van der Waals surface area contributed by atoms with E-state index in [0.29, 0.717) is 24.0 Å². The monoisotopic (exact) mass is 436 g/mol. The van der Waals surface area contributed by atoms with Crippen LogP contribution in [-0.4, -0.2) is 44.3 Å². The van der Waals surface area contributed by atoms with E-state index in [-0.39, 0.29) is 6.04 Å². The molecule has 1 saturated heterocycles. The summed E-state index contributed by atoms with van der Waals surface area (Å²) in [6, 6.07) is 27.2. The number of nitrogens with zero attached hydrogens (tertiary/aromatic N) is 2. The lowest BCUT2D eigenvalue weighted by Gasteiger charge is -2.43. The first kappa shape index (κ1) is 21.7. The Hall–Kier alpha value is -2.53. The highest BCUT2D eigenvalue weighted by Gasteiger charge is 2.28. The van der Waals surface area contributed by atoms with Gasteiger partial charge in [0.1, 0.15) is 5.75 Å². The van der Waals surface area contributed by atoms with Crippen LogP contribution < -0.4 is 9.64 Å². The van der Waals surface area contributed by atoms with E-state index in [1.807, 2.05) is 30.3 Å². The van der Waals surface area contributed by atoms with Gasteiger partial charge in [-0.3, -0.25) is 4.90 Å². The molecular weight excluding hydrogens is 408 g/mol. The van der Waals surface area contributed by atoms with Gasteiger partial charge in [-0.05, 0) is 23.3 Å². The van der Waals surface area contributed by atoms with E-state index < -0.39 is 0 Å². The highest BCUT2D eigenvalue weighted by atomic mass is 35.5. The highest BCUT2D eigenvalue weighted by molar-refractivity contribution is 6.32. The number of methoxy groups -OCH3 is 1. The van der Waals surface area contributed by atoms with Crippen molar-refractivity contribution in [2.75, 3.05) is 38.3 Å². The molecule has 0 amide bonds. The second-order valence-corrected chi connectivity index (χ2v) is 8.29. The third kappa shape index (κ3) is 5.79. The fraction of sp³-hybridized carbons (Fsp3) is 0.308. The number of hydrogen-bond acceptors (Lipinski definition) is 4. The van der Waals surface area contributed by atoms with Crippen molar-refractivity contribution in [1.82, 2.24) is 4.90 Å². The molecule has 0 aliphatic carbocycles. The SMILES string of the molecule is COc1cc(N2CCN(Cc3ccccc3)CC2COCc2ccccc2)ccc1Cl. The summed E-state index contributed by atoms with van der Waals surface area (Å²) in [4.78, 5) is 4.93. The molecule has 3 aromatic carbocycles. The normalized spacial score (nSPS) is 17.0. The van der Waals surface area contributed by atoms with E-state index in [9.17, 15) is 0 Å². The van der Waals surface area contributed by atoms with Crippen LogP contribution >= 0.6 is 11.6 Å². The smallest absolute Gasteiger partial charge is 0.139 e. The molecule has 5 heteroatoms. The Kier molecular flexibility index (Phi) is 7.47. The summed E-state index contributed by atoms with van der Waals surface area (Å²) in [7, 11) is 1.66. The Bertz CT molecular complexity index is 952. The highest BCUT2D eigenvalue weighted by Crippen LogP contribution is 2.31. The molecule has 1 fully saturated rings. The van der Waals surface area contributed by atoms with Gasteiger partial charge in [-0.1, -0.05) is 72.3 Å². The van der Waals surface area contributed by atoms with Gasteiger partial charge in [0.05, 0.1) is 31.4 Å². The minimum absolute atomic E-state index is 0.243. The predicted molar refractivity (Wildman–Crippen MR) is 127 cm³/mol. The topological polar surface area (TPSA) is 24.9 Å². The standard InChI is InChI=1S/C26H29ClN2O2/c1-30-26-16-23(12-13-25(26)27)29-15-14-28(17-21-8-4-2-5-9-21)18-24(29)20-31-19-22-10-6-3-7-11-22/h2-13,16,24H,14-15,17-20H2,1H3. The lowest BCUT2D eigenvalue weighted by atomic mass is 10.1. The summed E-state index contributed by atoms with van der Waals surface area (Å²) in [6.45, 7) is 5.09. The van der Waals surface area contributed by atoms with Crippen LogP contribution in [0.5, 0.6) is 5.75 Å². The Balaban J connectivity index is 1.47. The zero-order valence-electron chi connectivity index (χ0n) is 17.9. The van der Waals surface area contributed by atoms with Crippen molar-refractivity contribution in [3.05, 3.63) is 95.0 Å². The molecule has 1 heterocycles. The number of rotatable bonds is 8. The number of piperazine rings is 1. The first-order valence-electron chi connectivity index (χ1n) is 10.7. The molecule has 4 nitrogen and oxygen atoms in total. The van der Waals surface area contributed by atoms with Crippen molar-refractivity contribution in [3.8, 4) is 5.75 Å². The van der Waals surface area contributed by atoms with Gasteiger partial charge in [0.2, 0.25) is 0 Å². The van der Waals surface area contributed by atoms with Gasteiger partial charge in [-0.25, -0.2) is 0 Å². The largest absolute Gasteiger partial charge is 0.495 e. The summed E-state index contributed by atoms with van der Waals surface area (Å²) >= 11 is 6.26. The van der Waals surface area contributed by atoms with Crippen LogP contribution in [0.15, 0.2) is 78.9 Å². The van der Waals surface area contributed by atoms with E-state index in [2.05, 4.69) is 58.3 Å². The maximum absolute atomic E-state index is 6.26. The van der Waals surface area contributed by atoms with Crippen LogP contribution in [0, 0.1) is 0 Å². The number of anilines is 1. The van der Waals surface area contributed by atoms with Crippen molar-refractivity contribution < 1.29 is 9.47 Å². The molecule has 1 atom stereocenters. The zero-order valence-corrected chi connectivity index (χ0v) is 18.7. The van der Waals surface area contributed by atoms with Crippen LogP contribution in [0.3, 0.4) is 0 Å². The first-order valence-corrected chi connectivity index (χ1v) is 11.1. The molecule has 0 aromatic heterocycles. The molecule has 31 heavy (non-hydrogen) atoms. The Morgan fingerprint density at radius 1 is 0.903 bits per heavy atom. The molecule has 1 unspecified atom stereocenters. The summed E-state index contributed by atoms with van der Waals surface area (Å²) < 4.78 is 11.6. The quantitative estimate of drug-likeness (QED) is 0.481. The number of hydrogen-bond donors (Lipinski definition) is 0. The van der Waals surface area contributed by atoms with Crippen LogP contribution in [0.25, 0.3) is 0 Å². The molecule has 4 rings (SSSR count). The fourth-order valence-electron chi connectivity index (χ4n) is 4.10. The van der Waals surface area contributed by atoms with Gasteiger partial charge in [0.15, 0.2) is 0 Å². The van der Waals surface area contributed by atoms with Crippen molar-refractivity contribution in [2.24, 2.45) is 0 Å². The number of halogens is 1. The zero-order chi connectivity index (χ0) is 21.5. The molecule has 0 radical (unpaired) electrons. The van der Waals surface area contributed by atoms with Gasteiger partial charge in [0.25, 0.3) is 0 Å². The molecule has 0 saturated carbocycles. The molecular formula is C26H29ClN2O2. The third-order valence-electron chi connectivity index (χ3n) is 5.70. The van der Waals surface area contributed by atoms with Gasteiger partial charge < -0.3 is 14.4 Å². The van der Waals surface area contributed by atoms with Crippen molar-refractivity contribution in [1.29, 1.82) is 0 Å². The van der Waals surface area contributed by atoms with Gasteiger partial charge in [-0.2, -0.15) is 0 Å². The van der Waals surface area contributed by atoms with Crippen LogP contribution in [0.1, 0.15) is 11.1 Å². The predicted octanol–water partition coefficient (Wildman–Crippen LogP) is 5.26. The van der Waals surface area contributed by atoms with E-state index in [1.165, 1.54) is 11.1 Å². The maximum atomic E-state index is 6.26. The van der Waals surface area contributed by atoms with Gasteiger partial charge in [-0.15, -0.1) is 0 Å². The van der Waals surface area contributed by atoms with E-state index in [1.54, 1.807) is 7.11 Å². The second-order valence-electron chi connectivity index (χ2n) is 7.89. The van der Waals surface area contributed by atoms with E-state index in [4.69, 9.17) is 21.1 Å². The lowest BCUT2D eigenvalue weighted by molar-refractivity contribution is 0.0817. The average molecular weight is 437 g/mol. The van der Waals surface area contributed by atoms with Gasteiger partial charge >= 0.3 is 0 Å². The Morgan fingerprint density at radius 3 is 2.32 bits per heavy atom. The molecule has 0 bridgehead atoms. The summed E-state index contributed by atoms with van der Waals surface area (Å²) in [5.41, 5.74) is 3.65. The number of ether oxygens (including phenoxy) is 2. The Labute approximate surface area is 190 Å². The molecule has 162 valence electrons. The van der Waals surface area contributed by atoms with Gasteiger partial charge in [0, 0.05) is 37.9 Å². The third-order valence-corrected chi connectivity index (χ3v) is 6.02. The average Bonchev–Trinajstić information content (AvgIpc) is 2.81. The van der Waals surface area contributed by atoms with Crippen molar-refractivity contribution >= 4 is 17.3 Å².